The number of anilines is 1. The number of hydrogen-bond acceptors (Lipinski definition) is 5. The van der Waals surface area contributed by atoms with Crippen LogP contribution in [0.25, 0.3) is 0 Å². The molecule has 0 fully saturated rings. The Morgan fingerprint density at radius 1 is 1.35 bits per heavy atom. The van der Waals surface area contributed by atoms with Gasteiger partial charge in [-0.25, -0.2) is 8.42 Å². The summed E-state index contributed by atoms with van der Waals surface area (Å²) < 4.78 is 33.0. The summed E-state index contributed by atoms with van der Waals surface area (Å²) in [6, 6.07) is 6.53. The number of aliphatic hydroxyl groups is 1. The Morgan fingerprint density at radius 3 is 2.65 bits per heavy atom. The maximum atomic E-state index is 12.1. The molecule has 2 aromatic rings. The highest BCUT2D eigenvalue weighted by atomic mass is 32.2. The van der Waals surface area contributed by atoms with Gasteiger partial charge >= 0.3 is 0 Å². The summed E-state index contributed by atoms with van der Waals surface area (Å²) in [5.41, 5.74) is 0.431. The van der Waals surface area contributed by atoms with E-state index in [2.05, 4.69) is 9.82 Å². The van der Waals surface area contributed by atoms with Crippen LogP contribution in [0, 0.1) is 0 Å². The number of benzene rings is 1. The largest absolute Gasteiger partial charge is 0.497 e. The SMILES string of the molecule is COc1ccc(NS(=O)(=O)c2cnn(CCO)c2)cc1. The molecule has 0 unspecified atom stereocenters. The van der Waals surface area contributed by atoms with E-state index in [4.69, 9.17) is 9.84 Å². The molecule has 0 spiro atoms. The lowest BCUT2D eigenvalue weighted by molar-refractivity contribution is 0.269. The van der Waals surface area contributed by atoms with E-state index in [1.54, 1.807) is 24.3 Å². The van der Waals surface area contributed by atoms with Crippen LogP contribution >= 0.6 is 0 Å². The van der Waals surface area contributed by atoms with Gasteiger partial charge in [0, 0.05) is 11.9 Å². The number of sulfonamides is 1. The zero-order valence-corrected chi connectivity index (χ0v) is 11.7. The van der Waals surface area contributed by atoms with Crippen LogP contribution in [0.1, 0.15) is 0 Å². The Labute approximate surface area is 116 Å². The van der Waals surface area contributed by atoms with Gasteiger partial charge in [0.05, 0.1) is 26.5 Å². The average molecular weight is 297 g/mol. The molecule has 1 aromatic carbocycles. The van der Waals surface area contributed by atoms with Crippen molar-refractivity contribution in [3.05, 3.63) is 36.7 Å². The van der Waals surface area contributed by atoms with Crippen molar-refractivity contribution in [1.29, 1.82) is 0 Å². The smallest absolute Gasteiger partial charge is 0.265 e. The molecule has 0 aliphatic rings. The molecule has 0 bridgehead atoms. The van der Waals surface area contributed by atoms with Gasteiger partial charge in [0.2, 0.25) is 0 Å². The first-order chi connectivity index (χ1) is 9.55. The Kier molecular flexibility index (Phi) is 4.26. The number of nitrogens with one attached hydrogen (secondary N) is 1. The van der Waals surface area contributed by atoms with Gasteiger partial charge < -0.3 is 9.84 Å². The molecule has 0 radical (unpaired) electrons. The van der Waals surface area contributed by atoms with Crippen molar-refractivity contribution in [3.63, 3.8) is 0 Å². The molecule has 7 nitrogen and oxygen atoms in total. The molecule has 8 heteroatoms. The number of ether oxygens (including phenoxy) is 1. The van der Waals surface area contributed by atoms with Gasteiger partial charge in [-0.3, -0.25) is 9.40 Å². The lowest BCUT2D eigenvalue weighted by Gasteiger charge is -2.06. The summed E-state index contributed by atoms with van der Waals surface area (Å²) in [4.78, 5) is 0.0433. The molecule has 1 heterocycles. The van der Waals surface area contributed by atoms with Crippen LogP contribution in [-0.4, -0.2) is 37.0 Å². The Hall–Kier alpha value is -2.06. The second kappa shape index (κ2) is 5.93. The summed E-state index contributed by atoms with van der Waals surface area (Å²) in [7, 11) is -2.15. The van der Waals surface area contributed by atoms with Crippen molar-refractivity contribution in [2.45, 2.75) is 11.4 Å². The van der Waals surface area contributed by atoms with Crippen LogP contribution in [0.4, 0.5) is 5.69 Å². The molecule has 0 saturated carbocycles. The van der Waals surface area contributed by atoms with E-state index in [0.717, 1.165) is 0 Å². The van der Waals surface area contributed by atoms with E-state index >= 15 is 0 Å². The van der Waals surface area contributed by atoms with Gasteiger partial charge in [0.15, 0.2) is 0 Å². The fraction of sp³-hybridized carbons (Fsp3) is 0.250. The van der Waals surface area contributed by atoms with Crippen LogP contribution < -0.4 is 9.46 Å². The third-order valence-electron chi connectivity index (χ3n) is 2.59. The maximum absolute atomic E-state index is 12.1. The lowest BCUT2D eigenvalue weighted by atomic mass is 10.3. The van der Waals surface area contributed by atoms with E-state index in [1.807, 2.05) is 0 Å². The van der Waals surface area contributed by atoms with Gasteiger partial charge in [-0.05, 0) is 24.3 Å². The van der Waals surface area contributed by atoms with Crippen molar-refractivity contribution in [1.82, 2.24) is 9.78 Å². The number of hydrogen-bond donors (Lipinski definition) is 2. The molecule has 0 amide bonds. The molecule has 0 aliphatic heterocycles. The first-order valence-corrected chi connectivity index (χ1v) is 7.33. The lowest BCUT2D eigenvalue weighted by Crippen LogP contribution is -2.12. The zero-order chi connectivity index (χ0) is 14.6. The van der Waals surface area contributed by atoms with Gasteiger partial charge in [0.25, 0.3) is 10.0 Å². The molecule has 2 rings (SSSR count). The first kappa shape index (κ1) is 14.4. The fourth-order valence-electron chi connectivity index (χ4n) is 1.58. The third kappa shape index (κ3) is 3.28. The topological polar surface area (TPSA) is 93.5 Å². The monoisotopic (exact) mass is 297 g/mol. The van der Waals surface area contributed by atoms with Gasteiger partial charge in [-0.2, -0.15) is 5.10 Å². The van der Waals surface area contributed by atoms with E-state index in [1.165, 1.54) is 24.2 Å². The van der Waals surface area contributed by atoms with E-state index < -0.39 is 10.0 Å². The number of nitrogens with zero attached hydrogens (tertiary/aromatic N) is 2. The molecule has 20 heavy (non-hydrogen) atoms. The Morgan fingerprint density at radius 2 is 2.05 bits per heavy atom. The van der Waals surface area contributed by atoms with Crippen LogP contribution in [-0.2, 0) is 16.6 Å². The molecule has 0 aliphatic carbocycles. The predicted octanol–water partition coefficient (Wildman–Crippen LogP) is 0.685. The van der Waals surface area contributed by atoms with Crippen LogP contribution in [0.5, 0.6) is 5.75 Å². The number of aliphatic hydroxyl groups excluding tert-OH is 1. The van der Waals surface area contributed by atoms with E-state index in [9.17, 15) is 8.42 Å². The van der Waals surface area contributed by atoms with Gasteiger partial charge in [-0.1, -0.05) is 0 Å². The highest BCUT2D eigenvalue weighted by Gasteiger charge is 2.16. The van der Waals surface area contributed by atoms with Crippen molar-refractivity contribution >= 4 is 15.7 Å². The fourth-order valence-corrected chi connectivity index (χ4v) is 2.59. The predicted molar refractivity (Wildman–Crippen MR) is 73.1 cm³/mol. The highest BCUT2D eigenvalue weighted by molar-refractivity contribution is 7.92. The second-order valence-corrected chi connectivity index (χ2v) is 5.68. The van der Waals surface area contributed by atoms with Crippen LogP contribution in [0.2, 0.25) is 0 Å². The van der Waals surface area contributed by atoms with Crippen molar-refractivity contribution in [2.75, 3.05) is 18.4 Å². The minimum absolute atomic E-state index is 0.0433. The molecule has 1 aromatic heterocycles. The summed E-state index contributed by atoms with van der Waals surface area (Å²) in [6.07, 6.45) is 2.60. The quantitative estimate of drug-likeness (QED) is 0.818. The van der Waals surface area contributed by atoms with Crippen molar-refractivity contribution < 1.29 is 18.3 Å². The minimum Gasteiger partial charge on any atom is -0.497 e. The van der Waals surface area contributed by atoms with Crippen molar-refractivity contribution in [2.24, 2.45) is 0 Å². The summed E-state index contributed by atoms with van der Waals surface area (Å²) in [5, 5.41) is 12.6. The Bertz CT molecular complexity index is 664. The third-order valence-corrected chi connectivity index (χ3v) is 3.93. The van der Waals surface area contributed by atoms with Crippen LogP contribution in [0.3, 0.4) is 0 Å². The summed E-state index contributed by atoms with van der Waals surface area (Å²) >= 11 is 0. The van der Waals surface area contributed by atoms with Crippen LogP contribution in [0.15, 0.2) is 41.6 Å². The first-order valence-electron chi connectivity index (χ1n) is 5.85. The standard InChI is InChI=1S/C12H15N3O4S/c1-19-11-4-2-10(3-5-11)14-20(17,18)12-8-13-15(9-12)6-7-16/h2-5,8-9,14,16H,6-7H2,1H3. The molecule has 0 saturated heterocycles. The summed E-state index contributed by atoms with van der Waals surface area (Å²) in [5.74, 6) is 0.642. The molecule has 0 atom stereocenters. The average Bonchev–Trinajstić information content (AvgIpc) is 2.89. The van der Waals surface area contributed by atoms with E-state index in [-0.39, 0.29) is 18.0 Å². The number of methoxy groups -OCH3 is 1. The summed E-state index contributed by atoms with van der Waals surface area (Å²) in [6.45, 7) is 0.144. The molecular weight excluding hydrogens is 282 g/mol. The highest BCUT2D eigenvalue weighted by Crippen LogP contribution is 2.18. The molecule has 2 N–H and O–H groups in total. The molecule has 108 valence electrons. The maximum Gasteiger partial charge on any atom is 0.265 e. The van der Waals surface area contributed by atoms with Gasteiger partial charge in [-0.15, -0.1) is 0 Å². The second-order valence-electron chi connectivity index (χ2n) is 4.00. The molecular formula is C12H15N3O4S. The van der Waals surface area contributed by atoms with E-state index in [0.29, 0.717) is 11.4 Å². The van der Waals surface area contributed by atoms with Crippen molar-refractivity contribution in [3.8, 4) is 5.75 Å². The van der Waals surface area contributed by atoms with Gasteiger partial charge in [0.1, 0.15) is 10.6 Å². The number of rotatable bonds is 6. The Balaban J connectivity index is 2.16. The normalized spacial score (nSPS) is 11.3. The number of aromatic nitrogens is 2. The minimum atomic E-state index is -3.69. The zero-order valence-electron chi connectivity index (χ0n) is 10.9.